The SMILES string of the molecule is CN(C)CC(NC(=O)N1Cc2c(Nc3cccc(NC(=O)c4ccc(N)cc4)c3)nn(C(=O)O)c2C1(C)C)c1ccccc1. The molecule has 3 aromatic carbocycles. The zero-order valence-electron chi connectivity index (χ0n) is 25.0. The summed E-state index contributed by atoms with van der Waals surface area (Å²) >= 11 is 0. The Bertz CT molecular complexity index is 1680. The second kappa shape index (κ2) is 12.1. The number of nitrogen functional groups attached to an aromatic ring is 1. The van der Waals surface area contributed by atoms with E-state index in [0.29, 0.717) is 46.2 Å². The minimum Gasteiger partial charge on any atom is -0.463 e. The lowest BCUT2D eigenvalue weighted by molar-refractivity contribution is 0.102. The second-order valence-electron chi connectivity index (χ2n) is 11.5. The Morgan fingerprint density at radius 3 is 2.34 bits per heavy atom. The van der Waals surface area contributed by atoms with Gasteiger partial charge in [0, 0.05) is 34.7 Å². The lowest BCUT2D eigenvalue weighted by atomic mass is 10.0. The van der Waals surface area contributed by atoms with Gasteiger partial charge in [-0.1, -0.05) is 36.4 Å². The highest BCUT2D eigenvalue weighted by Crippen LogP contribution is 2.43. The summed E-state index contributed by atoms with van der Waals surface area (Å²) < 4.78 is 0.923. The molecule has 1 aromatic heterocycles. The van der Waals surface area contributed by atoms with Crippen molar-refractivity contribution < 1.29 is 19.5 Å². The monoisotopic (exact) mass is 596 g/mol. The van der Waals surface area contributed by atoms with E-state index in [4.69, 9.17) is 5.73 Å². The number of nitrogens with one attached hydrogen (secondary N) is 3. The molecule has 3 amide bonds. The number of hydrogen-bond acceptors (Lipinski definition) is 7. The number of nitrogens with two attached hydrogens (primary N) is 1. The van der Waals surface area contributed by atoms with E-state index >= 15 is 0 Å². The van der Waals surface area contributed by atoms with E-state index in [0.717, 1.165) is 10.2 Å². The van der Waals surface area contributed by atoms with Crippen molar-refractivity contribution in [2.24, 2.45) is 0 Å². The van der Waals surface area contributed by atoms with Crippen LogP contribution in [0.25, 0.3) is 0 Å². The van der Waals surface area contributed by atoms with Crippen molar-refractivity contribution in [2.75, 3.05) is 37.0 Å². The van der Waals surface area contributed by atoms with E-state index in [1.54, 1.807) is 67.3 Å². The van der Waals surface area contributed by atoms with Crippen molar-refractivity contribution >= 4 is 40.9 Å². The summed E-state index contributed by atoms with van der Waals surface area (Å²) in [4.78, 5) is 42.4. The zero-order chi connectivity index (χ0) is 31.6. The van der Waals surface area contributed by atoms with E-state index in [-0.39, 0.29) is 24.5 Å². The van der Waals surface area contributed by atoms with Gasteiger partial charge in [-0.25, -0.2) is 9.59 Å². The average molecular weight is 597 g/mol. The van der Waals surface area contributed by atoms with Crippen molar-refractivity contribution in [3.63, 3.8) is 0 Å². The van der Waals surface area contributed by atoms with E-state index in [9.17, 15) is 19.5 Å². The van der Waals surface area contributed by atoms with E-state index in [1.807, 2.05) is 49.3 Å². The smallest absolute Gasteiger partial charge is 0.432 e. The number of carboxylic acid groups (broad SMARTS) is 1. The summed E-state index contributed by atoms with van der Waals surface area (Å²) in [6.07, 6.45) is -1.26. The molecule has 228 valence electrons. The van der Waals surface area contributed by atoms with Gasteiger partial charge in [-0.2, -0.15) is 4.68 Å². The number of fused-ring (bicyclic) bond motifs is 1. The van der Waals surface area contributed by atoms with Crippen molar-refractivity contribution in [1.29, 1.82) is 0 Å². The normalized spacial score (nSPS) is 14.2. The van der Waals surface area contributed by atoms with Crippen molar-refractivity contribution in [3.05, 3.63) is 101 Å². The molecule has 1 aliphatic heterocycles. The van der Waals surface area contributed by atoms with Gasteiger partial charge in [-0.15, -0.1) is 5.10 Å². The Morgan fingerprint density at radius 2 is 1.68 bits per heavy atom. The highest BCUT2D eigenvalue weighted by Gasteiger charge is 2.47. The van der Waals surface area contributed by atoms with Crippen LogP contribution in [-0.4, -0.2) is 63.4 Å². The van der Waals surface area contributed by atoms with E-state index < -0.39 is 11.6 Å². The lowest BCUT2D eigenvalue weighted by Crippen LogP contribution is -2.49. The van der Waals surface area contributed by atoms with Crippen LogP contribution in [0.4, 0.5) is 32.5 Å². The van der Waals surface area contributed by atoms with Gasteiger partial charge in [0.1, 0.15) is 0 Å². The molecule has 5 rings (SSSR count). The predicted octanol–water partition coefficient (Wildman–Crippen LogP) is 5.05. The van der Waals surface area contributed by atoms with E-state index in [2.05, 4.69) is 21.0 Å². The first kappa shape index (κ1) is 30.1. The predicted molar refractivity (Wildman–Crippen MR) is 169 cm³/mol. The molecule has 1 unspecified atom stereocenters. The Labute approximate surface area is 255 Å². The molecule has 44 heavy (non-hydrogen) atoms. The largest absolute Gasteiger partial charge is 0.463 e. The van der Waals surface area contributed by atoms with Gasteiger partial charge in [0.25, 0.3) is 5.91 Å². The maximum Gasteiger partial charge on any atom is 0.432 e. The molecule has 12 heteroatoms. The molecule has 0 radical (unpaired) electrons. The Morgan fingerprint density at radius 1 is 1.00 bits per heavy atom. The third kappa shape index (κ3) is 6.20. The third-order valence-electron chi connectivity index (χ3n) is 7.58. The third-order valence-corrected chi connectivity index (χ3v) is 7.58. The molecule has 0 fully saturated rings. The number of carbonyl (C=O) groups is 3. The summed E-state index contributed by atoms with van der Waals surface area (Å²) in [5, 5.41) is 23.6. The van der Waals surface area contributed by atoms with Gasteiger partial charge in [-0.05, 0) is 76.0 Å². The Balaban J connectivity index is 1.39. The fourth-order valence-electron chi connectivity index (χ4n) is 5.44. The standard InChI is InChI=1S/C32H36N8O4/c1-32(2)27-25(18-39(32)30(42)36-26(19-38(3)4)20-9-6-5-7-10-20)28(37-40(27)31(43)44)34-23-11-8-12-24(17-23)35-29(41)21-13-15-22(33)16-14-21/h5-17,26H,18-19,33H2,1-4H3,(H,34,37)(H,35,41)(H,36,42)(H,43,44). The number of carbonyl (C=O) groups excluding carboxylic acids is 2. The molecule has 6 N–H and O–H groups in total. The number of rotatable bonds is 8. The fraction of sp³-hybridized carbons (Fsp3) is 0.250. The van der Waals surface area contributed by atoms with Gasteiger partial charge in [0.2, 0.25) is 0 Å². The molecular weight excluding hydrogens is 560 g/mol. The van der Waals surface area contributed by atoms with Crippen LogP contribution in [-0.2, 0) is 12.1 Å². The number of amides is 3. The molecule has 0 spiro atoms. The van der Waals surface area contributed by atoms with Crippen molar-refractivity contribution in [2.45, 2.75) is 32.0 Å². The van der Waals surface area contributed by atoms with Crippen molar-refractivity contribution in [1.82, 2.24) is 24.9 Å². The van der Waals surface area contributed by atoms with Crippen LogP contribution in [0.3, 0.4) is 0 Å². The van der Waals surface area contributed by atoms with Crippen LogP contribution in [0.2, 0.25) is 0 Å². The van der Waals surface area contributed by atoms with Crippen LogP contribution in [0.1, 0.15) is 47.1 Å². The first-order valence-electron chi connectivity index (χ1n) is 14.1. The van der Waals surface area contributed by atoms with Gasteiger partial charge in [0.15, 0.2) is 5.82 Å². The minimum atomic E-state index is -1.26. The van der Waals surface area contributed by atoms with Crippen LogP contribution >= 0.6 is 0 Å². The summed E-state index contributed by atoms with van der Waals surface area (Å²) in [7, 11) is 3.88. The number of likely N-dealkylation sites (N-methyl/N-ethyl adjacent to an activating group) is 1. The van der Waals surface area contributed by atoms with Crippen LogP contribution in [0, 0.1) is 0 Å². The second-order valence-corrected chi connectivity index (χ2v) is 11.5. The molecule has 1 atom stereocenters. The van der Waals surface area contributed by atoms with Gasteiger partial charge < -0.3 is 36.6 Å². The summed E-state index contributed by atoms with van der Waals surface area (Å²) in [5.74, 6) is 0.00496. The highest BCUT2D eigenvalue weighted by molar-refractivity contribution is 6.04. The number of hydrogen-bond donors (Lipinski definition) is 5. The molecule has 2 heterocycles. The number of anilines is 4. The minimum absolute atomic E-state index is 0.140. The molecule has 0 saturated heterocycles. The summed E-state index contributed by atoms with van der Waals surface area (Å²) in [6, 6.07) is 22.7. The maximum atomic E-state index is 13.8. The maximum absolute atomic E-state index is 13.8. The molecular formula is C32H36N8O4. The summed E-state index contributed by atoms with van der Waals surface area (Å²) in [5.41, 5.74) is 8.82. The molecule has 12 nitrogen and oxygen atoms in total. The van der Waals surface area contributed by atoms with Crippen molar-refractivity contribution in [3.8, 4) is 0 Å². The fourth-order valence-corrected chi connectivity index (χ4v) is 5.44. The first-order chi connectivity index (χ1) is 20.9. The molecule has 0 aliphatic carbocycles. The van der Waals surface area contributed by atoms with Gasteiger partial charge >= 0.3 is 12.1 Å². The molecule has 0 bridgehead atoms. The molecule has 0 saturated carbocycles. The number of nitrogens with zero attached hydrogens (tertiary/aromatic N) is 4. The summed E-state index contributed by atoms with van der Waals surface area (Å²) in [6.45, 7) is 4.33. The molecule has 4 aromatic rings. The van der Waals surface area contributed by atoms with Crippen LogP contribution < -0.4 is 21.7 Å². The first-order valence-corrected chi connectivity index (χ1v) is 14.1. The Hall–Kier alpha value is -5.36. The van der Waals surface area contributed by atoms with Crippen LogP contribution in [0.5, 0.6) is 0 Å². The van der Waals surface area contributed by atoms with Gasteiger partial charge in [-0.3, -0.25) is 4.79 Å². The quantitative estimate of drug-likeness (QED) is 0.177. The van der Waals surface area contributed by atoms with Crippen LogP contribution in [0.15, 0.2) is 78.9 Å². The lowest BCUT2D eigenvalue weighted by Gasteiger charge is -2.34. The number of benzene rings is 3. The molecule has 1 aliphatic rings. The number of urea groups is 1. The average Bonchev–Trinajstić information content (AvgIpc) is 3.48. The van der Waals surface area contributed by atoms with Gasteiger partial charge in [0.05, 0.1) is 23.8 Å². The topological polar surface area (TPSA) is 158 Å². The number of aromatic nitrogens is 2. The zero-order valence-corrected chi connectivity index (χ0v) is 25.0. The Kier molecular flexibility index (Phi) is 8.28. The highest BCUT2D eigenvalue weighted by atomic mass is 16.4. The van der Waals surface area contributed by atoms with E-state index in [1.165, 1.54) is 0 Å².